The molecule has 1 rings (SSSR count). The smallest absolute Gasteiger partial charge is 0.462 e. The summed E-state index contributed by atoms with van der Waals surface area (Å²) in [5.74, 6) is -0.905. The maximum absolute atomic E-state index is 12.7. The van der Waals surface area contributed by atoms with Crippen LogP contribution in [0.1, 0.15) is 181 Å². The first-order chi connectivity index (χ1) is 30.5. The molecule has 0 amide bonds. The van der Waals surface area contributed by atoms with Crippen LogP contribution in [0.5, 0.6) is 0 Å². The van der Waals surface area contributed by atoms with E-state index in [9.17, 15) is 19.0 Å². The number of quaternary nitrogens is 1. The summed E-state index contributed by atoms with van der Waals surface area (Å²) in [5.41, 5.74) is 0. The van der Waals surface area contributed by atoms with Crippen LogP contribution in [0.2, 0.25) is 0 Å². The van der Waals surface area contributed by atoms with Crippen LogP contribution in [0.4, 0.5) is 0 Å². The number of ether oxygens (including phenoxy) is 3. The lowest BCUT2D eigenvalue weighted by Gasteiger charge is -2.24. The van der Waals surface area contributed by atoms with E-state index >= 15 is 0 Å². The summed E-state index contributed by atoms with van der Waals surface area (Å²) in [6.45, 7) is 4.21. The van der Waals surface area contributed by atoms with Gasteiger partial charge in [0.25, 0.3) is 0 Å². The lowest BCUT2D eigenvalue weighted by atomic mass is 10.1. The summed E-state index contributed by atoms with van der Waals surface area (Å²) in [6.07, 6.45) is 52.9. The highest BCUT2D eigenvalue weighted by Gasteiger charge is 2.36. The molecule has 11 heteroatoms. The Kier molecular flexibility index (Phi) is 36.9. The third-order valence-corrected chi connectivity index (χ3v) is 11.6. The van der Waals surface area contributed by atoms with Crippen molar-refractivity contribution in [3.05, 3.63) is 72.9 Å². The molecule has 1 N–H and O–H groups in total. The number of nitrogens with zero attached hydrogens (tertiary/aromatic N) is 1. The fourth-order valence-corrected chi connectivity index (χ4v) is 7.41. The first-order valence-corrected chi connectivity index (χ1v) is 26.3. The standard InChI is InChI=1S/C52H90NO9P/c1-6-8-10-11-12-13-14-15-16-17-18-19-20-21-26-29-32-35-39-43-52(55)61-48(47-60-63(56,57)59-45-44-53(3,4)5)46-58-51(54)42-38-34-31-28-25-23-22-24-27-30-33-37-41-50-49(62-50)40-36-9-7-2/h9,15-16,23-25,27,31,33-34,36-37,48-50H,6-8,10-14,17-22,26,28-30,32,35,38-47H2,1-5H3/p+1/b16-15-,25-23-,27-24-,34-31-,36-9-,37-33-/t48-,49?,50?/m1/s1. The number of rotatable bonds is 43. The molecular weight excluding hydrogens is 814 g/mol. The van der Waals surface area contributed by atoms with E-state index in [4.69, 9.17) is 23.3 Å². The Morgan fingerprint density at radius 3 is 1.63 bits per heavy atom. The van der Waals surface area contributed by atoms with Crippen LogP contribution in [-0.4, -0.2) is 87.1 Å². The molecule has 1 aliphatic rings. The Morgan fingerprint density at radius 1 is 0.587 bits per heavy atom. The molecule has 0 spiro atoms. The van der Waals surface area contributed by atoms with Gasteiger partial charge in [-0.05, 0) is 77.0 Å². The first-order valence-electron chi connectivity index (χ1n) is 24.8. The van der Waals surface area contributed by atoms with E-state index in [1.165, 1.54) is 83.5 Å². The van der Waals surface area contributed by atoms with Crippen molar-refractivity contribution in [3.63, 3.8) is 0 Å². The predicted molar refractivity (Wildman–Crippen MR) is 260 cm³/mol. The fourth-order valence-electron chi connectivity index (χ4n) is 6.66. The second kappa shape index (κ2) is 39.7. The van der Waals surface area contributed by atoms with Crippen molar-refractivity contribution in [2.24, 2.45) is 0 Å². The number of hydrogen-bond donors (Lipinski definition) is 1. The van der Waals surface area contributed by atoms with Crippen molar-refractivity contribution in [3.8, 4) is 0 Å². The van der Waals surface area contributed by atoms with Gasteiger partial charge in [-0.25, -0.2) is 4.57 Å². The molecule has 4 atom stereocenters. The fraction of sp³-hybridized carbons (Fsp3) is 0.731. The number of carbonyl (C=O) groups excluding carboxylic acids is 2. The van der Waals surface area contributed by atoms with Crippen LogP contribution in [0.25, 0.3) is 0 Å². The van der Waals surface area contributed by atoms with Gasteiger partial charge in [-0.1, -0.05) is 164 Å². The number of phosphoric acid groups is 1. The van der Waals surface area contributed by atoms with Gasteiger partial charge in [0.2, 0.25) is 0 Å². The van der Waals surface area contributed by atoms with Crippen molar-refractivity contribution in [1.82, 2.24) is 0 Å². The number of unbranched alkanes of at least 4 members (excludes halogenated alkanes) is 15. The van der Waals surface area contributed by atoms with Crippen molar-refractivity contribution < 1.29 is 46.8 Å². The minimum Gasteiger partial charge on any atom is -0.462 e. The Balaban J connectivity index is 2.28. The zero-order valence-electron chi connectivity index (χ0n) is 40.5. The van der Waals surface area contributed by atoms with Crippen LogP contribution in [-0.2, 0) is 37.4 Å². The van der Waals surface area contributed by atoms with Gasteiger partial charge >= 0.3 is 19.8 Å². The monoisotopic (exact) mass is 905 g/mol. The molecule has 10 nitrogen and oxygen atoms in total. The van der Waals surface area contributed by atoms with Crippen LogP contribution in [0.3, 0.4) is 0 Å². The topological polar surface area (TPSA) is 121 Å². The second-order valence-corrected chi connectivity index (χ2v) is 19.3. The highest BCUT2D eigenvalue weighted by Crippen LogP contribution is 2.43. The molecule has 0 saturated carbocycles. The molecule has 0 aliphatic carbocycles. The Bertz CT molecular complexity index is 1370. The first kappa shape index (κ1) is 58.4. The summed E-state index contributed by atoms with van der Waals surface area (Å²) < 4.78 is 40.0. The van der Waals surface area contributed by atoms with Crippen molar-refractivity contribution >= 4 is 19.8 Å². The summed E-state index contributed by atoms with van der Waals surface area (Å²) in [4.78, 5) is 35.5. The van der Waals surface area contributed by atoms with Crippen LogP contribution < -0.4 is 0 Å². The van der Waals surface area contributed by atoms with Gasteiger partial charge in [0.05, 0.1) is 40.0 Å². The third kappa shape index (κ3) is 40.6. The second-order valence-electron chi connectivity index (χ2n) is 17.9. The summed E-state index contributed by atoms with van der Waals surface area (Å²) in [5, 5.41) is 0. The molecule has 1 fully saturated rings. The lowest BCUT2D eigenvalue weighted by molar-refractivity contribution is -0.870. The zero-order valence-corrected chi connectivity index (χ0v) is 41.4. The van der Waals surface area contributed by atoms with Gasteiger partial charge in [-0.3, -0.25) is 18.6 Å². The molecule has 0 bridgehead atoms. The van der Waals surface area contributed by atoms with Gasteiger partial charge < -0.3 is 23.6 Å². The molecule has 1 heterocycles. The molecule has 362 valence electrons. The largest absolute Gasteiger partial charge is 0.472 e. The Hall–Kier alpha value is -2.59. The average Bonchev–Trinajstić information content (AvgIpc) is 3.99. The SMILES string of the molecule is CC/C=C\CC1OC1C/C=C\C/C=C\C/C=C\C/C=C\CCC(=O)OC[C@H](COP(=O)(O)OCC[N+](C)(C)C)OC(=O)CCCCCCCCCCC/C=C\CCCCCCCC. The van der Waals surface area contributed by atoms with E-state index in [0.29, 0.717) is 36.1 Å². The van der Waals surface area contributed by atoms with E-state index in [2.05, 4.69) is 74.6 Å². The van der Waals surface area contributed by atoms with E-state index in [0.717, 1.165) is 57.8 Å². The maximum Gasteiger partial charge on any atom is 0.472 e. The number of esters is 2. The summed E-state index contributed by atoms with van der Waals surface area (Å²) in [6, 6.07) is 0. The van der Waals surface area contributed by atoms with Gasteiger partial charge in [0, 0.05) is 12.8 Å². The van der Waals surface area contributed by atoms with Crippen molar-refractivity contribution in [1.29, 1.82) is 0 Å². The molecule has 1 saturated heterocycles. The number of epoxide rings is 1. The molecular formula is C52H91NO9P+. The van der Waals surface area contributed by atoms with Gasteiger partial charge in [0.1, 0.15) is 19.8 Å². The molecule has 0 radical (unpaired) electrons. The van der Waals surface area contributed by atoms with Gasteiger partial charge in [-0.2, -0.15) is 0 Å². The highest BCUT2D eigenvalue weighted by atomic mass is 31.2. The third-order valence-electron chi connectivity index (χ3n) is 10.6. The molecule has 3 unspecified atom stereocenters. The number of hydrogen-bond acceptors (Lipinski definition) is 8. The normalized spacial score (nSPS) is 17.3. The highest BCUT2D eigenvalue weighted by molar-refractivity contribution is 7.47. The Labute approximate surface area is 384 Å². The summed E-state index contributed by atoms with van der Waals surface area (Å²) >= 11 is 0. The maximum atomic E-state index is 12.7. The molecule has 0 aromatic heterocycles. The lowest BCUT2D eigenvalue weighted by Crippen LogP contribution is -2.37. The molecule has 0 aromatic carbocycles. The minimum absolute atomic E-state index is 0.0152. The predicted octanol–water partition coefficient (Wildman–Crippen LogP) is 13.6. The van der Waals surface area contributed by atoms with Crippen molar-refractivity contribution in [2.45, 2.75) is 199 Å². The van der Waals surface area contributed by atoms with Gasteiger partial charge in [0.15, 0.2) is 6.10 Å². The molecule has 1 aliphatic heterocycles. The molecule has 63 heavy (non-hydrogen) atoms. The van der Waals surface area contributed by atoms with Crippen LogP contribution in [0.15, 0.2) is 72.9 Å². The van der Waals surface area contributed by atoms with E-state index < -0.39 is 32.5 Å². The van der Waals surface area contributed by atoms with Gasteiger partial charge in [-0.15, -0.1) is 0 Å². The number of allylic oxidation sites excluding steroid dienone is 10. The number of phosphoric ester groups is 1. The van der Waals surface area contributed by atoms with E-state index in [1.54, 1.807) is 0 Å². The molecule has 0 aromatic rings. The minimum atomic E-state index is -4.40. The average molecular weight is 905 g/mol. The number of carbonyl (C=O) groups is 2. The van der Waals surface area contributed by atoms with E-state index in [1.807, 2.05) is 33.3 Å². The quantitative estimate of drug-likeness (QED) is 0.0159. The summed E-state index contributed by atoms with van der Waals surface area (Å²) in [7, 11) is 1.42. The van der Waals surface area contributed by atoms with E-state index in [-0.39, 0.29) is 26.1 Å². The number of likely N-dealkylation sites (N-methyl/N-ethyl adjacent to an activating group) is 1. The Morgan fingerprint density at radius 2 is 1.08 bits per heavy atom. The zero-order chi connectivity index (χ0) is 46.1. The van der Waals surface area contributed by atoms with Crippen LogP contribution in [0, 0.1) is 0 Å². The van der Waals surface area contributed by atoms with Crippen molar-refractivity contribution in [2.75, 3.05) is 47.5 Å². The van der Waals surface area contributed by atoms with Crippen LogP contribution >= 0.6 is 7.82 Å².